The highest BCUT2D eigenvalue weighted by Crippen LogP contribution is 2.21. The van der Waals surface area contributed by atoms with Crippen molar-refractivity contribution < 1.29 is 14.3 Å². The van der Waals surface area contributed by atoms with Crippen molar-refractivity contribution in [3.05, 3.63) is 0 Å². The van der Waals surface area contributed by atoms with Crippen molar-refractivity contribution in [2.24, 2.45) is 0 Å². The number of rotatable bonds is 2. The summed E-state index contributed by atoms with van der Waals surface area (Å²) in [6, 6.07) is 0. The molecule has 82 valence electrons. The Hall–Kier alpha value is -0.610. The smallest absolute Gasteiger partial charge is 0.303 e. The van der Waals surface area contributed by atoms with Crippen molar-refractivity contribution in [2.75, 3.05) is 26.7 Å². The molecule has 1 saturated heterocycles. The van der Waals surface area contributed by atoms with Gasteiger partial charge >= 0.3 is 5.97 Å². The van der Waals surface area contributed by atoms with Crippen LogP contribution in [0.3, 0.4) is 0 Å². The van der Waals surface area contributed by atoms with Gasteiger partial charge in [0.15, 0.2) is 0 Å². The molecule has 0 radical (unpaired) electrons. The van der Waals surface area contributed by atoms with Gasteiger partial charge in [-0.05, 0) is 20.9 Å². The maximum Gasteiger partial charge on any atom is 0.303 e. The second-order valence-electron chi connectivity index (χ2n) is 4.32. The standard InChI is InChI=1S/C10H19NO3/c1-8(12)14-10(2,3)9-7-11(4)5-6-13-9/h9H,5-7H2,1-4H3. The van der Waals surface area contributed by atoms with Crippen LogP contribution < -0.4 is 0 Å². The highest BCUT2D eigenvalue weighted by atomic mass is 16.6. The molecule has 0 aromatic carbocycles. The summed E-state index contributed by atoms with van der Waals surface area (Å²) in [7, 11) is 2.04. The number of carbonyl (C=O) groups excluding carboxylic acids is 1. The minimum absolute atomic E-state index is 0.0369. The second kappa shape index (κ2) is 4.28. The molecule has 0 N–H and O–H groups in total. The zero-order valence-electron chi connectivity index (χ0n) is 9.37. The molecule has 1 aliphatic heterocycles. The first kappa shape index (κ1) is 11.5. The number of likely N-dealkylation sites (N-methyl/N-ethyl adjacent to an activating group) is 1. The molecule has 0 amide bonds. The Kier molecular flexibility index (Phi) is 3.50. The van der Waals surface area contributed by atoms with E-state index in [2.05, 4.69) is 4.90 Å². The van der Waals surface area contributed by atoms with Crippen LogP contribution in [0.5, 0.6) is 0 Å². The predicted molar refractivity (Wildman–Crippen MR) is 53.1 cm³/mol. The molecule has 1 atom stereocenters. The highest BCUT2D eigenvalue weighted by molar-refractivity contribution is 5.66. The van der Waals surface area contributed by atoms with Gasteiger partial charge in [0.25, 0.3) is 0 Å². The normalized spacial score (nSPS) is 24.7. The van der Waals surface area contributed by atoms with Gasteiger partial charge < -0.3 is 14.4 Å². The Morgan fingerprint density at radius 2 is 2.21 bits per heavy atom. The van der Waals surface area contributed by atoms with Crippen molar-refractivity contribution in [3.8, 4) is 0 Å². The van der Waals surface area contributed by atoms with Crippen molar-refractivity contribution in [1.29, 1.82) is 0 Å². The molecule has 1 heterocycles. The summed E-state index contributed by atoms with van der Waals surface area (Å²) < 4.78 is 10.8. The fourth-order valence-corrected chi connectivity index (χ4v) is 1.63. The van der Waals surface area contributed by atoms with Crippen LogP contribution in [0.1, 0.15) is 20.8 Å². The number of esters is 1. The summed E-state index contributed by atoms with van der Waals surface area (Å²) in [5.41, 5.74) is -0.541. The zero-order chi connectivity index (χ0) is 10.8. The summed E-state index contributed by atoms with van der Waals surface area (Å²) in [6.45, 7) is 7.64. The Bertz CT molecular complexity index is 215. The molecule has 0 aromatic heterocycles. The van der Waals surface area contributed by atoms with E-state index in [-0.39, 0.29) is 12.1 Å². The van der Waals surface area contributed by atoms with Crippen LogP contribution in [0.25, 0.3) is 0 Å². The fourth-order valence-electron chi connectivity index (χ4n) is 1.63. The lowest BCUT2D eigenvalue weighted by Gasteiger charge is -2.39. The molecule has 0 bridgehead atoms. The first-order valence-electron chi connectivity index (χ1n) is 4.91. The molecular weight excluding hydrogens is 182 g/mol. The van der Waals surface area contributed by atoms with Crippen LogP contribution in [0.4, 0.5) is 0 Å². The molecule has 4 heteroatoms. The lowest BCUT2D eigenvalue weighted by Crippen LogP contribution is -2.52. The summed E-state index contributed by atoms with van der Waals surface area (Å²) in [5, 5.41) is 0. The largest absolute Gasteiger partial charge is 0.457 e. The lowest BCUT2D eigenvalue weighted by molar-refractivity contribution is -0.177. The third kappa shape index (κ3) is 2.96. The average molecular weight is 201 g/mol. The second-order valence-corrected chi connectivity index (χ2v) is 4.32. The maximum atomic E-state index is 10.9. The number of morpholine rings is 1. The van der Waals surface area contributed by atoms with Crippen LogP contribution in [-0.2, 0) is 14.3 Å². The van der Waals surface area contributed by atoms with Crippen molar-refractivity contribution in [2.45, 2.75) is 32.5 Å². The van der Waals surface area contributed by atoms with Gasteiger partial charge in [0.2, 0.25) is 0 Å². The van der Waals surface area contributed by atoms with Gasteiger partial charge in [-0.2, -0.15) is 0 Å². The molecule has 1 unspecified atom stereocenters. The van der Waals surface area contributed by atoms with E-state index < -0.39 is 5.60 Å². The first-order chi connectivity index (χ1) is 6.42. The van der Waals surface area contributed by atoms with Gasteiger partial charge in [0.1, 0.15) is 11.7 Å². The number of hydrogen-bond donors (Lipinski definition) is 0. The van der Waals surface area contributed by atoms with Gasteiger partial charge in [-0.3, -0.25) is 4.79 Å². The summed E-state index contributed by atoms with van der Waals surface area (Å²) in [4.78, 5) is 13.1. The molecule has 14 heavy (non-hydrogen) atoms. The minimum Gasteiger partial charge on any atom is -0.457 e. The molecule has 0 aromatic rings. The Morgan fingerprint density at radius 3 is 2.71 bits per heavy atom. The SMILES string of the molecule is CC(=O)OC(C)(C)C1CN(C)CCO1. The quantitative estimate of drug-likeness (QED) is 0.615. The van der Waals surface area contributed by atoms with E-state index in [9.17, 15) is 4.79 Å². The number of ether oxygens (including phenoxy) is 2. The van der Waals surface area contributed by atoms with Crippen LogP contribution in [0.15, 0.2) is 0 Å². The van der Waals surface area contributed by atoms with Gasteiger partial charge in [-0.25, -0.2) is 0 Å². The molecule has 0 spiro atoms. The number of nitrogens with zero attached hydrogens (tertiary/aromatic N) is 1. The predicted octanol–water partition coefficient (Wildman–Crippen LogP) is 0.659. The van der Waals surface area contributed by atoms with Crippen LogP contribution in [0, 0.1) is 0 Å². The third-order valence-corrected chi connectivity index (χ3v) is 2.45. The van der Waals surface area contributed by atoms with E-state index in [0.29, 0.717) is 6.61 Å². The maximum absolute atomic E-state index is 10.9. The van der Waals surface area contributed by atoms with Crippen LogP contribution in [0.2, 0.25) is 0 Å². The molecular formula is C10H19NO3. The zero-order valence-corrected chi connectivity index (χ0v) is 9.37. The summed E-state index contributed by atoms with van der Waals surface area (Å²) >= 11 is 0. The number of carbonyl (C=O) groups is 1. The minimum atomic E-state index is -0.541. The topological polar surface area (TPSA) is 38.8 Å². The Morgan fingerprint density at radius 1 is 1.57 bits per heavy atom. The van der Waals surface area contributed by atoms with Crippen molar-refractivity contribution in [1.82, 2.24) is 4.90 Å². The van der Waals surface area contributed by atoms with E-state index >= 15 is 0 Å². The summed E-state index contributed by atoms with van der Waals surface area (Å²) in [5.74, 6) is -0.258. The highest BCUT2D eigenvalue weighted by Gasteiger charge is 2.36. The van der Waals surface area contributed by atoms with Crippen LogP contribution in [-0.4, -0.2) is 49.3 Å². The van der Waals surface area contributed by atoms with E-state index in [1.165, 1.54) is 6.92 Å². The summed E-state index contributed by atoms with van der Waals surface area (Å²) in [6.07, 6.45) is -0.0369. The Balaban J connectivity index is 2.56. The third-order valence-electron chi connectivity index (χ3n) is 2.45. The van der Waals surface area contributed by atoms with Gasteiger partial charge in [-0.1, -0.05) is 0 Å². The molecule has 4 nitrogen and oxygen atoms in total. The van der Waals surface area contributed by atoms with Gasteiger partial charge in [0.05, 0.1) is 6.61 Å². The molecule has 0 saturated carbocycles. The number of hydrogen-bond acceptors (Lipinski definition) is 4. The van der Waals surface area contributed by atoms with E-state index in [1.807, 2.05) is 20.9 Å². The molecule has 0 aliphatic carbocycles. The van der Waals surface area contributed by atoms with Gasteiger partial charge in [-0.15, -0.1) is 0 Å². The van der Waals surface area contributed by atoms with E-state index in [4.69, 9.17) is 9.47 Å². The molecule has 1 aliphatic rings. The van der Waals surface area contributed by atoms with Gasteiger partial charge in [0, 0.05) is 20.0 Å². The molecule has 1 rings (SSSR count). The lowest BCUT2D eigenvalue weighted by atomic mass is 10.00. The molecule has 1 fully saturated rings. The van der Waals surface area contributed by atoms with Crippen LogP contribution >= 0.6 is 0 Å². The Labute approximate surface area is 85.2 Å². The monoisotopic (exact) mass is 201 g/mol. The van der Waals surface area contributed by atoms with Crippen molar-refractivity contribution in [3.63, 3.8) is 0 Å². The van der Waals surface area contributed by atoms with E-state index in [0.717, 1.165) is 13.1 Å². The fraction of sp³-hybridized carbons (Fsp3) is 0.900. The van der Waals surface area contributed by atoms with Crippen molar-refractivity contribution >= 4 is 5.97 Å². The first-order valence-corrected chi connectivity index (χ1v) is 4.91. The van der Waals surface area contributed by atoms with E-state index in [1.54, 1.807) is 0 Å². The average Bonchev–Trinajstić information content (AvgIpc) is 2.01.